The molecule has 138 valence electrons. The van der Waals surface area contributed by atoms with Gasteiger partial charge in [0.15, 0.2) is 23.1 Å². The Labute approximate surface area is 152 Å². The predicted octanol–water partition coefficient (Wildman–Crippen LogP) is 3.22. The van der Waals surface area contributed by atoms with Crippen molar-refractivity contribution in [2.24, 2.45) is 0 Å². The summed E-state index contributed by atoms with van der Waals surface area (Å²) in [6.07, 6.45) is 3.57. The van der Waals surface area contributed by atoms with Gasteiger partial charge in [-0.2, -0.15) is 0 Å². The smallest absolute Gasteiger partial charge is 0.244 e. The topological polar surface area (TPSA) is 56.8 Å². The molecular weight excluding hydrogens is 337 g/mol. The zero-order valence-corrected chi connectivity index (χ0v) is 15.0. The Kier molecular flexibility index (Phi) is 7.02. The molecule has 0 saturated carbocycles. The fourth-order valence-corrected chi connectivity index (χ4v) is 2.38. The molecule has 0 radical (unpaired) electrons. The van der Waals surface area contributed by atoms with Gasteiger partial charge in [-0.3, -0.25) is 4.79 Å². The molecule has 2 aromatic carbocycles. The minimum atomic E-state index is -0.469. The molecule has 0 unspecified atom stereocenters. The minimum absolute atomic E-state index is 0.168. The summed E-state index contributed by atoms with van der Waals surface area (Å²) in [6.45, 7) is 0.468. The zero-order valence-electron chi connectivity index (χ0n) is 15.0. The van der Waals surface area contributed by atoms with Crippen LogP contribution in [0.25, 0.3) is 6.08 Å². The summed E-state index contributed by atoms with van der Waals surface area (Å²) in [5.74, 6) is 0.763. The van der Waals surface area contributed by atoms with Gasteiger partial charge in [-0.05, 0) is 47.9 Å². The SMILES string of the molecule is COc1ccc(/C=C/C(=O)NCCc2ccc(OC)c(OC)c2)cc1F. The van der Waals surface area contributed by atoms with Gasteiger partial charge >= 0.3 is 0 Å². The Morgan fingerprint density at radius 2 is 1.69 bits per heavy atom. The van der Waals surface area contributed by atoms with Gasteiger partial charge in [-0.1, -0.05) is 12.1 Å². The molecule has 1 N–H and O–H groups in total. The van der Waals surface area contributed by atoms with Gasteiger partial charge in [0.2, 0.25) is 5.91 Å². The molecule has 1 amide bonds. The van der Waals surface area contributed by atoms with Crippen LogP contribution in [0.3, 0.4) is 0 Å². The van der Waals surface area contributed by atoms with Crippen LogP contribution in [0.2, 0.25) is 0 Å². The Morgan fingerprint density at radius 3 is 2.35 bits per heavy atom. The molecule has 0 saturated heterocycles. The molecule has 0 fully saturated rings. The van der Waals surface area contributed by atoms with Gasteiger partial charge in [0.25, 0.3) is 0 Å². The summed E-state index contributed by atoms with van der Waals surface area (Å²) in [5.41, 5.74) is 1.60. The average molecular weight is 359 g/mol. The van der Waals surface area contributed by atoms with E-state index in [-0.39, 0.29) is 11.7 Å². The Bertz CT molecular complexity index is 789. The first-order valence-corrected chi connectivity index (χ1v) is 8.07. The lowest BCUT2D eigenvalue weighted by atomic mass is 10.1. The minimum Gasteiger partial charge on any atom is -0.494 e. The fraction of sp³-hybridized carbons (Fsp3) is 0.250. The molecule has 0 aliphatic rings. The molecular formula is C20H22FNO4. The van der Waals surface area contributed by atoms with E-state index >= 15 is 0 Å². The number of halogens is 1. The normalized spacial score (nSPS) is 10.6. The van der Waals surface area contributed by atoms with Crippen LogP contribution in [0.5, 0.6) is 17.2 Å². The fourth-order valence-electron chi connectivity index (χ4n) is 2.38. The van der Waals surface area contributed by atoms with Crippen LogP contribution in [0.4, 0.5) is 4.39 Å². The molecule has 0 bridgehead atoms. The molecule has 0 aliphatic carbocycles. The van der Waals surface area contributed by atoms with E-state index in [1.165, 1.54) is 25.3 Å². The van der Waals surface area contributed by atoms with Crippen molar-refractivity contribution in [2.45, 2.75) is 6.42 Å². The highest BCUT2D eigenvalue weighted by Gasteiger charge is 2.05. The maximum Gasteiger partial charge on any atom is 0.244 e. The van der Waals surface area contributed by atoms with E-state index in [0.717, 1.165) is 5.56 Å². The first-order valence-electron chi connectivity index (χ1n) is 8.07. The highest BCUT2D eigenvalue weighted by atomic mass is 19.1. The van der Waals surface area contributed by atoms with Crippen molar-refractivity contribution in [1.82, 2.24) is 5.32 Å². The number of amides is 1. The van der Waals surface area contributed by atoms with Crippen molar-refractivity contribution in [3.05, 3.63) is 59.4 Å². The Balaban J connectivity index is 1.86. The lowest BCUT2D eigenvalue weighted by molar-refractivity contribution is -0.116. The van der Waals surface area contributed by atoms with Crippen LogP contribution in [0.1, 0.15) is 11.1 Å². The van der Waals surface area contributed by atoms with E-state index in [2.05, 4.69) is 5.32 Å². The van der Waals surface area contributed by atoms with Gasteiger partial charge in [0, 0.05) is 12.6 Å². The maximum atomic E-state index is 13.6. The molecule has 2 rings (SSSR count). The number of carbonyl (C=O) groups excluding carboxylic acids is 1. The second kappa shape index (κ2) is 9.46. The number of hydrogen-bond acceptors (Lipinski definition) is 4. The second-order valence-electron chi connectivity index (χ2n) is 5.46. The van der Waals surface area contributed by atoms with Crippen molar-refractivity contribution in [1.29, 1.82) is 0 Å². The highest BCUT2D eigenvalue weighted by Crippen LogP contribution is 2.27. The molecule has 0 aromatic heterocycles. The summed E-state index contributed by atoms with van der Waals surface area (Å²) < 4.78 is 28.9. The third kappa shape index (κ3) is 5.24. The molecule has 26 heavy (non-hydrogen) atoms. The average Bonchev–Trinajstić information content (AvgIpc) is 2.66. The number of hydrogen-bond donors (Lipinski definition) is 1. The van der Waals surface area contributed by atoms with Gasteiger partial charge in [0.05, 0.1) is 21.3 Å². The molecule has 0 aliphatic heterocycles. The van der Waals surface area contributed by atoms with Crippen LogP contribution in [-0.4, -0.2) is 33.8 Å². The lowest BCUT2D eigenvalue weighted by Crippen LogP contribution is -2.23. The molecule has 0 atom stereocenters. The largest absolute Gasteiger partial charge is 0.494 e. The van der Waals surface area contributed by atoms with Crippen molar-refractivity contribution in [3.63, 3.8) is 0 Å². The molecule has 0 spiro atoms. The van der Waals surface area contributed by atoms with E-state index in [9.17, 15) is 9.18 Å². The van der Waals surface area contributed by atoms with Crippen LogP contribution >= 0.6 is 0 Å². The molecule has 5 nitrogen and oxygen atoms in total. The number of ether oxygens (including phenoxy) is 3. The van der Waals surface area contributed by atoms with Gasteiger partial charge in [0.1, 0.15) is 0 Å². The van der Waals surface area contributed by atoms with E-state index in [0.29, 0.717) is 30.0 Å². The van der Waals surface area contributed by atoms with Gasteiger partial charge < -0.3 is 19.5 Å². The van der Waals surface area contributed by atoms with Gasteiger partial charge in [-0.25, -0.2) is 4.39 Å². The quantitative estimate of drug-likeness (QED) is 0.736. The summed E-state index contributed by atoms with van der Waals surface area (Å²) >= 11 is 0. The second-order valence-corrected chi connectivity index (χ2v) is 5.46. The van der Waals surface area contributed by atoms with Crippen molar-refractivity contribution < 1.29 is 23.4 Å². The summed E-state index contributed by atoms with van der Waals surface area (Å²) in [5, 5.41) is 2.79. The Morgan fingerprint density at radius 1 is 1.00 bits per heavy atom. The molecule has 6 heteroatoms. The molecule has 2 aromatic rings. The van der Waals surface area contributed by atoms with E-state index < -0.39 is 5.82 Å². The van der Waals surface area contributed by atoms with Crippen LogP contribution in [0.15, 0.2) is 42.5 Å². The van der Waals surface area contributed by atoms with Crippen molar-refractivity contribution in [3.8, 4) is 17.2 Å². The summed E-state index contributed by atoms with van der Waals surface area (Å²) in [6, 6.07) is 10.1. The first kappa shape index (κ1) is 19.3. The number of rotatable bonds is 8. The van der Waals surface area contributed by atoms with E-state index in [1.54, 1.807) is 26.4 Å². The lowest BCUT2D eigenvalue weighted by Gasteiger charge is -2.09. The summed E-state index contributed by atoms with van der Waals surface area (Å²) in [4.78, 5) is 11.9. The van der Waals surface area contributed by atoms with Gasteiger partial charge in [-0.15, -0.1) is 0 Å². The third-order valence-electron chi connectivity index (χ3n) is 3.76. The summed E-state index contributed by atoms with van der Waals surface area (Å²) in [7, 11) is 4.56. The van der Waals surface area contributed by atoms with E-state index in [4.69, 9.17) is 14.2 Å². The monoisotopic (exact) mass is 359 g/mol. The molecule has 0 heterocycles. The Hall–Kier alpha value is -3.02. The van der Waals surface area contributed by atoms with Crippen LogP contribution < -0.4 is 19.5 Å². The maximum absolute atomic E-state index is 13.6. The number of benzene rings is 2. The van der Waals surface area contributed by atoms with Crippen LogP contribution in [0, 0.1) is 5.82 Å². The zero-order chi connectivity index (χ0) is 18.9. The standard InChI is InChI=1S/C20H22FNO4/c1-24-17-7-4-14(12-16(17)21)6-9-20(23)22-11-10-15-5-8-18(25-2)19(13-15)26-3/h4-9,12-13H,10-11H2,1-3H3,(H,22,23)/b9-6+. The van der Waals surface area contributed by atoms with Crippen molar-refractivity contribution >= 4 is 12.0 Å². The first-order chi connectivity index (χ1) is 12.6. The van der Waals surface area contributed by atoms with Crippen molar-refractivity contribution in [2.75, 3.05) is 27.9 Å². The number of carbonyl (C=O) groups is 1. The predicted molar refractivity (Wildman–Crippen MR) is 98.2 cm³/mol. The highest BCUT2D eigenvalue weighted by molar-refractivity contribution is 5.91. The third-order valence-corrected chi connectivity index (χ3v) is 3.76. The van der Waals surface area contributed by atoms with E-state index in [1.807, 2.05) is 18.2 Å². The van der Waals surface area contributed by atoms with Crippen LogP contribution in [-0.2, 0) is 11.2 Å². The number of nitrogens with one attached hydrogen (secondary N) is 1. The number of methoxy groups -OCH3 is 3.